The summed E-state index contributed by atoms with van der Waals surface area (Å²) in [4.78, 5) is 4.95. The predicted molar refractivity (Wildman–Crippen MR) is 90.6 cm³/mol. The van der Waals surface area contributed by atoms with Crippen molar-refractivity contribution in [2.24, 2.45) is 0 Å². The van der Waals surface area contributed by atoms with E-state index in [0.29, 0.717) is 12.5 Å². The van der Waals surface area contributed by atoms with E-state index in [4.69, 9.17) is 9.72 Å². The lowest BCUT2D eigenvalue weighted by Gasteiger charge is -2.23. The molecule has 0 amide bonds. The number of benzene rings is 1. The second-order valence-electron chi connectivity index (χ2n) is 6.12. The van der Waals surface area contributed by atoms with Crippen molar-refractivity contribution in [2.75, 3.05) is 19.7 Å². The molecule has 2 heterocycles. The number of aromatic nitrogens is 2. The van der Waals surface area contributed by atoms with Crippen LogP contribution in [0.3, 0.4) is 0 Å². The molecule has 0 radical (unpaired) electrons. The maximum absolute atomic E-state index is 5.61. The lowest BCUT2D eigenvalue weighted by atomic mass is 9.97. The minimum atomic E-state index is 0.531. The fraction of sp³-hybridized carbons (Fsp3) is 0.500. The highest BCUT2D eigenvalue weighted by atomic mass is 16.5. The summed E-state index contributed by atoms with van der Waals surface area (Å²) in [6, 6.07) is 6.22. The van der Waals surface area contributed by atoms with Gasteiger partial charge in [0.05, 0.1) is 17.6 Å². The molecule has 0 atom stereocenters. The van der Waals surface area contributed by atoms with Crippen molar-refractivity contribution in [3.63, 3.8) is 0 Å². The Labute approximate surface area is 132 Å². The van der Waals surface area contributed by atoms with Gasteiger partial charge in [-0.15, -0.1) is 0 Å². The molecule has 1 aromatic heterocycles. The largest absolute Gasteiger partial charge is 0.494 e. The highest BCUT2D eigenvalue weighted by molar-refractivity contribution is 5.78. The fourth-order valence-electron chi connectivity index (χ4n) is 3.21. The maximum atomic E-state index is 5.61. The number of hydrogen-bond donors (Lipinski definition) is 1. The number of fused-ring (bicyclic) bond motifs is 1. The molecular weight excluding hydrogens is 274 g/mol. The van der Waals surface area contributed by atoms with E-state index in [2.05, 4.69) is 35.5 Å². The van der Waals surface area contributed by atoms with Gasteiger partial charge >= 0.3 is 0 Å². The van der Waals surface area contributed by atoms with Gasteiger partial charge < -0.3 is 14.6 Å². The molecule has 0 spiro atoms. The fourth-order valence-corrected chi connectivity index (χ4v) is 3.21. The molecule has 4 nitrogen and oxygen atoms in total. The first-order chi connectivity index (χ1) is 10.7. The summed E-state index contributed by atoms with van der Waals surface area (Å²) < 4.78 is 7.95. The number of rotatable bonds is 5. The third-order valence-electron chi connectivity index (χ3n) is 4.19. The zero-order valence-corrected chi connectivity index (χ0v) is 13.6. The van der Waals surface area contributed by atoms with Gasteiger partial charge in [-0.1, -0.05) is 12.2 Å². The zero-order valence-electron chi connectivity index (χ0n) is 13.6. The monoisotopic (exact) mass is 299 g/mol. The van der Waals surface area contributed by atoms with E-state index in [0.717, 1.165) is 49.3 Å². The second-order valence-corrected chi connectivity index (χ2v) is 6.12. The van der Waals surface area contributed by atoms with Crippen LogP contribution in [0, 0.1) is 0 Å². The minimum absolute atomic E-state index is 0.531. The molecule has 1 N–H and O–H groups in total. The first-order valence-electron chi connectivity index (χ1n) is 8.17. The van der Waals surface area contributed by atoms with E-state index >= 15 is 0 Å². The van der Waals surface area contributed by atoms with Crippen LogP contribution in [0.2, 0.25) is 0 Å². The quantitative estimate of drug-likeness (QED) is 0.859. The maximum Gasteiger partial charge on any atom is 0.121 e. The van der Waals surface area contributed by atoms with Gasteiger partial charge in [0.1, 0.15) is 11.6 Å². The number of hydrogen-bond acceptors (Lipinski definition) is 3. The molecule has 4 heteroatoms. The molecule has 0 aliphatic carbocycles. The Morgan fingerprint density at radius 1 is 1.41 bits per heavy atom. The van der Waals surface area contributed by atoms with Crippen LogP contribution in [-0.4, -0.2) is 29.2 Å². The van der Waals surface area contributed by atoms with E-state index in [1.165, 1.54) is 11.3 Å². The van der Waals surface area contributed by atoms with Crippen LogP contribution in [0.15, 0.2) is 30.4 Å². The number of ether oxygens (including phenoxy) is 1. The molecule has 1 aromatic carbocycles. The number of imidazole rings is 1. The molecule has 2 aromatic rings. The molecule has 3 rings (SSSR count). The number of piperidine rings is 1. The van der Waals surface area contributed by atoms with E-state index < -0.39 is 0 Å². The Morgan fingerprint density at radius 3 is 2.86 bits per heavy atom. The summed E-state index contributed by atoms with van der Waals surface area (Å²) in [5, 5.41) is 3.43. The van der Waals surface area contributed by atoms with Gasteiger partial charge in [0, 0.05) is 18.5 Å². The normalized spacial score (nSPS) is 16.1. The van der Waals surface area contributed by atoms with Gasteiger partial charge in [-0.2, -0.15) is 0 Å². The molecule has 0 saturated carbocycles. The van der Waals surface area contributed by atoms with Crippen molar-refractivity contribution < 1.29 is 4.74 Å². The summed E-state index contributed by atoms with van der Waals surface area (Å²) in [7, 11) is 0. The third-order valence-corrected chi connectivity index (χ3v) is 4.19. The lowest BCUT2D eigenvalue weighted by Crippen LogP contribution is -2.28. The van der Waals surface area contributed by atoms with Crippen molar-refractivity contribution in [1.29, 1.82) is 0 Å². The minimum Gasteiger partial charge on any atom is -0.494 e. The van der Waals surface area contributed by atoms with Gasteiger partial charge in [0.25, 0.3) is 0 Å². The smallest absolute Gasteiger partial charge is 0.121 e. The average Bonchev–Trinajstić information content (AvgIpc) is 2.86. The molecule has 22 heavy (non-hydrogen) atoms. The average molecular weight is 299 g/mol. The molecular formula is C18H25N3O. The first-order valence-corrected chi connectivity index (χ1v) is 8.17. The topological polar surface area (TPSA) is 39.1 Å². The molecule has 1 aliphatic heterocycles. The van der Waals surface area contributed by atoms with Crippen LogP contribution in [0.25, 0.3) is 11.0 Å². The summed E-state index contributed by atoms with van der Waals surface area (Å²) >= 11 is 0. The standard InChI is InChI=1S/C18H25N3O/c1-4-22-15-5-6-17-16(11-15)20-18(21(17)12-13(2)3)14-7-9-19-10-8-14/h5-6,11,14,19H,2,4,7-10,12H2,1,3H3. The summed E-state index contributed by atoms with van der Waals surface area (Å²) in [6.07, 6.45) is 2.30. The Kier molecular flexibility index (Phi) is 4.48. The number of nitrogens with zero attached hydrogens (tertiary/aromatic N) is 2. The van der Waals surface area contributed by atoms with Gasteiger partial charge in [0.15, 0.2) is 0 Å². The molecule has 1 fully saturated rings. The second kappa shape index (κ2) is 6.53. The summed E-state index contributed by atoms with van der Waals surface area (Å²) in [6.45, 7) is 11.8. The molecule has 0 bridgehead atoms. The van der Waals surface area contributed by atoms with Crippen molar-refractivity contribution in [1.82, 2.24) is 14.9 Å². The summed E-state index contributed by atoms with van der Waals surface area (Å²) in [5.74, 6) is 2.63. The van der Waals surface area contributed by atoms with Crippen molar-refractivity contribution in [2.45, 2.75) is 39.2 Å². The van der Waals surface area contributed by atoms with Crippen LogP contribution < -0.4 is 10.1 Å². The van der Waals surface area contributed by atoms with E-state index in [1.54, 1.807) is 0 Å². The first kappa shape index (κ1) is 15.1. The predicted octanol–water partition coefficient (Wildman–Crippen LogP) is 3.48. The Bertz CT molecular complexity index is 668. The van der Waals surface area contributed by atoms with Gasteiger partial charge in [-0.3, -0.25) is 0 Å². The van der Waals surface area contributed by atoms with Crippen molar-refractivity contribution in [3.05, 3.63) is 36.2 Å². The summed E-state index contributed by atoms with van der Waals surface area (Å²) in [5.41, 5.74) is 3.36. The lowest BCUT2D eigenvalue weighted by molar-refractivity contribution is 0.340. The van der Waals surface area contributed by atoms with Crippen molar-refractivity contribution in [3.8, 4) is 5.75 Å². The van der Waals surface area contributed by atoms with Gasteiger partial charge in [-0.25, -0.2) is 4.98 Å². The molecule has 118 valence electrons. The number of allylic oxidation sites excluding steroid dienone is 1. The van der Waals surface area contributed by atoms with E-state index in [9.17, 15) is 0 Å². The zero-order chi connectivity index (χ0) is 15.5. The molecule has 1 saturated heterocycles. The highest BCUT2D eigenvalue weighted by Gasteiger charge is 2.22. The van der Waals surface area contributed by atoms with Crippen molar-refractivity contribution >= 4 is 11.0 Å². The van der Waals surface area contributed by atoms with E-state index in [-0.39, 0.29) is 0 Å². The van der Waals surface area contributed by atoms with Crippen LogP contribution >= 0.6 is 0 Å². The molecule has 0 unspecified atom stereocenters. The van der Waals surface area contributed by atoms with Crippen LogP contribution in [0.1, 0.15) is 38.4 Å². The SMILES string of the molecule is C=C(C)Cn1c(C2CCNCC2)nc2cc(OCC)ccc21. The van der Waals surface area contributed by atoms with Crippen LogP contribution in [0.5, 0.6) is 5.75 Å². The van der Waals surface area contributed by atoms with Crippen LogP contribution in [0.4, 0.5) is 0 Å². The van der Waals surface area contributed by atoms with Crippen LogP contribution in [-0.2, 0) is 6.54 Å². The van der Waals surface area contributed by atoms with E-state index in [1.807, 2.05) is 13.0 Å². The Balaban J connectivity index is 2.05. The third kappa shape index (κ3) is 3.02. The Morgan fingerprint density at radius 2 is 2.18 bits per heavy atom. The van der Waals surface area contributed by atoms with Gasteiger partial charge in [0.2, 0.25) is 0 Å². The number of nitrogens with one attached hydrogen (secondary N) is 1. The highest BCUT2D eigenvalue weighted by Crippen LogP contribution is 2.30. The Hall–Kier alpha value is -1.81. The van der Waals surface area contributed by atoms with Gasteiger partial charge in [-0.05, 0) is 51.9 Å². The molecule has 1 aliphatic rings.